The van der Waals surface area contributed by atoms with Gasteiger partial charge in [0.25, 0.3) is 5.91 Å². The molecule has 3 saturated heterocycles. The Morgan fingerprint density at radius 3 is 1.97 bits per heavy atom. The number of hydrazine groups is 1. The van der Waals surface area contributed by atoms with Gasteiger partial charge in [-0.25, -0.2) is 15.0 Å². The van der Waals surface area contributed by atoms with Crippen molar-refractivity contribution in [1.82, 2.24) is 58.3 Å². The van der Waals surface area contributed by atoms with Crippen LogP contribution in [-0.4, -0.2) is 241 Å². The van der Waals surface area contributed by atoms with E-state index in [2.05, 4.69) is 52.6 Å². The molecule has 14 rings (SSSR count). The van der Waals surface area contributed by atoms with Gasteiger partial charge in [-0.1, -0.05) is 55.2 Å². The Labute approximate surface area is 723 Å². The lowest BCUT2D eigenvalue weighted by Gasteiger charge is -2.49. The number of likely N-dealkylation sites (N-methyl/N-ethyl adjacent to an activating group) is 1. The third-order valence-electron chi connectivity index (χ3n) is 21.6. The molecular weight excluding hydrogens is 1720 g/mol. The van der Waals surface area contributed by atoms with Gasteiger partial charge in [0, 0.05) is 54.5 Å². The van der Waals surface area contributed by atoms with E-state index in [1.807, 2.05) is 10.9 Å². The first-order chi connectivity index (χ1) is 59.6. The maximum absolute atomic E-state index is 16.3. The third-order valence-corrected chi connectivity index (χ3v) is 22.1. The molecule has 0 radical (unpaired) electrons. The molecule has 8 heterocycles. The number of benzene rings is 6. The summed E-state index contributed by atoms with van der Waals surface area (Å²) < 4.78 is 87.9. The molecule has 0 spiro atoms. The number of fused-ring (bicyclic) bond motifs is 15. The quantitative estimate of drug-likeness (QED) is 0.0537. The van der Waals surface area contributed by atoms with Crippen molar-refractivity contribution in [2.75, 3.05) is 45.2 Å². The monoisotopic (exact) mass is 1810 g/mol. The number of aliphatic hydroxyl groups excluding tert-OH is 6. The van der Waals surface area contributed by atoms with E-state index in [0.717, 1.165) is 84.9 Å². The molecule has 12 amide bonds. The predicted octanol–water partition coefficient (Wildman–Crippen LogP) is 1.18. The molecule has 6 aromatic carbocycles. The largest absolute Gasteiger partial charge is 0.573 e. The van der Waals surface area contributed by atoms with E-state index in [0.29, 0.717) is 0 Å². The standard InChI is InChI=1S/C80H91Cl2F3N14O27/c1-31(2)18-45(88-5)69(110)95-60-62(105)34-7-14-49(43(81)20-34)121-51-22-36-23-52(66(51)125-76-67(65(108)64(107)53(30-100)123-76)124-55-27-79(4,68(109)32(3)120-55)89-28-40-29-99(16-17-119-40)78(118)90-37-9-11-39(12-10-37)126-80(83,84)85)122-50-15-8-35(21-44(50)82)63(106)61-74(115)94-59(75(116)97-98-77(87)117)42-24-38(101)25-48(103)56(42)41-19-33(6-13-47(41)102)57(71(112)96-61)93-72(113)58(36)92-70(111)46(26-54(86)104)91-73(60)114/h6-15,19-25,31-32,40,45-46,53,55,57-65,67-68,76,88-89,100-103,105-109H,16-18,26-30H2,1-5H3,(H2,86,104)(H,90,118)(H,91,114)(H,92,111)(H,93,113)(H,94,115)(H,95,110)(H,96,112)(H,97,116)(H3,87,98,117)/t32-,40?,45+,46-,53+,55-,57+,58+,59+,60+,61-,62+,63+,64+,65-,67+,68+,76-,79-/m0/s1. The third kappa shape index (κ3) is 21.4. The smallest absolute Gasteiger partial charge is 0.508 e. The first kappa shape index (κ1) is 93.3. The van der Waals surface area contributed by atoms with Crippen LogP contribution in [0, 0.1) is 5.92 Å². The zero-order chi connectivity index (χ0) is 91.4. The van der Waals surface area contributed by atoms with E-state index in [9.17, 15) is 83.1 Å². The number of phenolic OH excluding ortho intramolecular Hbond substituents is 3. The van der Waals surface area contributed by atoms with E-state index < -0.39 is 284 Å². The van der Waals surface area contributed by atoms with E-state index >= 15 is 24.0 Å². The van der Waals surface area contributed by atoms with Crippen LogP contribution in [0.2, 0.25) is 10.0 Å². The van der Waals surface area contributed by atoms with E-state index in [4.69, 9.17) is 67.8 Å². The Hall–Kier alpha value is -11.9. The fourth-order valence-electron chi connectivity index (χ4n) is 15.2. The van der Waals surface area contributed by atoms with Crippen LogP contribution in [0.3, 0.4) is 0 Å². The van der Waals surface area contributed by atoms with Gasteiger partial charge >= 0.3 is 18.4 Å². The molecule has 24 N–H and O–H groups in total. The van der Waals surface area contributed by atoms with Gasteiger partial charge in [-0.2, -0.15) is 0 Å². The molecule has 678 valence electrons. The van der Waals surface area contributed by atoms with Crippen molar-refractivity contribution in [3.63, 3.8) is 0 Å². The molecule has 8 aliphatic rings. The van der Waals surface area contributed by atoms with Crippen LogP contribution in [0.1, 0.15) is 105 Å². The minimum absolute atomic E-state index is 0.0121. The van der Waals surface area contributed by atoms with Crippen molar-refractivity contribution < 1.29 is 145 Å². The highest BCUT2D eigenvalue weighted by Gasteiger charge is 2.53. The van der Waals surface area contributed by atoms with Crippen LogP contribution in [0.15, 0.2) is 103 Å². The number of morpholine rings is 1. The number of alkyl halides is 3. The van der Waals surface area contributed by atoms with Gasteiger partial charge in [-0.05, 0) is 140 Å². The number of aromatic hydroxyl groups is 3. The number of primary amides is 2. The van der Waals surface area contributed by atoms with Crippen molar-refractivity contribution in [2.24, 2.45) is 17.4 Å². The Kier molecular flexibility index (Phi) is 28.8. The van der Waals surface area contributed by atoms with Crippen molar-refractivity contribution in [3.05, 3.63) is 141 Å². The number of carbonyl (C=O) groups excluding carboxylic acids is 10. The van der Waals surface area contributed by atoms with Crippen LogP contribution in [-0.2, 0) is 57.3 Å². The first-order valence-electron chi connectivity index (χ1n) is 39.2. The van der Waals surface area contributed by atoms with Crippen LogP contribution >= 0.6 is 23.2 Å². The summed E-state index contributed by atoms with van der Waals surface area (Å²) in [5, 5.41) is 129. The molecule has 19 atom stereocenters. The highest BCUT2D eigenvalue weighted by molar-refractivity contribution is 6.32. The molecule has 8 aliphatic heterocycles. The van der Waals surface area contributed by atoms with Gasteiger partial charge in [0.15, 0.2) is 23.9 Å². The summed E-state index contributed by atoms with van der Waals surface area (Å²) in [6.07, 6.45) is -25.7. The lowest BCUT2D eigenvalue weighted by atomic mass is 9.84. The lowest BCUT2D eigenvalue weighted by Crippen LogP contribution is -2.66. The van der Waals surface area contributed by atoms with Crippen molar-refractivity contribution >= 4 is 88.2 Å². The maximum Gasteiger partial charge on any atom is 0.573 e. The van der Waals surface area contributed by atoms with E-state index in [1.165, 1.54) is 37.1 Å². The number of rotatable bonds is 18. The molecule has 0 aromatic heterocycles. The highest BCUT2D eigenvalue weighted by Crippen LogP contribution is 2.50. The number of nitrogens with one attached hydrogen (secondary N) is 11. The molecule has 0 aliphatic carbocycles. The normalized spacial score (nSPS) is 27.2. The predicted molar refractivity (Wildman–Crippen MR) is 430 cm³/mol. The molecule has 1 unspecified atom stereocenters. The lowest BCUT2D eigenvalue weighted by molar-refractivity contribution is -0.334. The number of hydrogen-bond acceptors (Lipinski definition) is 29. The SMILES string of the molecule is CN[C@H](CC(C)C)C(=O)N[C@H]1C(=O)N[C@@H](CC(N)=O)C(=O)N[C@H]2C(=O)N[C@H]3C(=O)N[C@H](C(=O)N[C@@H](C(=O)NNC(N)=O)c4cc(O)cc(O)c4-c4cc3ccc4O)[C@H](O)c3ccc(c(Cl)c3)Oc3cc2cc(c3O[C@@H]2O[C@H](CO)[C@@H](O)[C@H](O)[C@H]2O[C@H]2C[C@](C)(NCC3CN(C(=O)Nc4ccc(OC(F)(F)F)cc4)CCO3)[C@H](O)[C@H](C)O2)Oc2ccc(cc2Cl)[C@H]1O. The van der Waals surface area contributed by atoms with Gasteiger partial charge in [0.2, 0.25) is 53.4 Å². The highest BCUT2D eigenvalue weighted by atomic mass is 35.5. The second kappa shape index (κ2) is 38.9. The number of nitrogens with two attached hydrogens (primary N) is 2. The number of phenols is 3. The average molecular weight is 1810 g/mol. The molecule has 11 bridgehead atoms. The van der Waals surface area contributed by atoms with Gasteiger partial charge in [-0.15, -0.1) is 13.2 Å². The number of ether oxygens (including phenoxy) is 8. The van der Waals surface area contributed by atoms with Gasteiger partial charge in [0.1, 0.15) is 101 Å². The second-order valence-electron chi connectivity index (χ2n) is 31.1. The Bertz CT molecular complexity index is 5150. The van der Waals surface area contributed by atoms with Crippen LogP contribution in [0.25, 0.3) is 11.1 Å². The summed E-state index contributed by atoms with van der Waals surface area (Å²) in [6, 6.07) is 1.04. The van der Waals surface area contributed by atoms with Gasteiger partial charge in [-0.3, -0.25) is 43.8 Å². The molecule has 3 fully saturated rings. The molecule has 0 saturated carbocycles. The van der Waals surface area contributed by atoms with Gasteiger partial charge in [0.05, 0.1) is 54.0 Å². The zero-order valence-corrected chi connectivity index (χ0v) is 68.8. The molecule has 126 heavy (non-hydrogen) atoms. The number of aliphatic hydroxyl groups is 6. The summed E-state index contributed by atoms with van der Waals surface area (Å²) >= 11 is 14.3. The minimum atomic E-state index is -4.96. The van der Waals surface area contributed by atoms with Crippen LogP contribution < -0.4 is 89.1 Å². The first-order valence-corrected chi connectivity index (χ1v) is 39.9. The van der Waals surface area contributed by atoms with Crippen molar-refractivity contribution in [1.29, 1.82) is 0 Å². The average Bonchev–Trinajstić information content (AvgIpc) is 0.764. The Balaban J connectivity index is 0.999. The fourth-order valence-corrected chi connectivity index (χ4v) is 15.6. The number of halogens is 5. The van der Waals surface area contributed by atoms with Gasteiger partial charge < -0.3 is 148 Å². The number of nitrogens with zero attached hydrogens (tertiary/aromatic N) is 1. The fraction of sp³-hybridized carbons (Fsp3) is 0.425. The molecule has 41 nitrogen and oxygen atoms in total. The molecule has 46 heteroatoms. The summed E-state index contributed by atoms with van der Waals surface area (Å²) in [5.41, 5.74) is 10.4. The summed E-state index contributed by atoms with van der Waals surface area (Å²) in [6.45, 7) is 5.57. The van der Waals surface area contributed by atoms with Crippen molar-refractivity contribution in [2.45, 2.75) is 169 Å². The number of anilines is 1. The van der Waals surface area contributed by atoms with Crippen LogP contribution in [0.5, 0.6) is 51.7 Å². The van der Waals surface area contributed by atoms with E-state index in [1.54, 1.807) is 20.8 Å². The number of hydrogen-bond donors (Lipinski definition) is 22. The Morgan fingerprint density at radius 1 is 0.714 bits per heavy atom. The van der Waals surface area contributed by atoms with Crippen molar-refractivity contribution in [3.8, 4) is 62.9 Å². The Morgan fingerprint density at radius 2 is 1.35 bits per heavy atom. The molecular formula is C80H91Cl2F3N14O27. The summed E-state index contributed by atoms with van der Waals surface area (Å²) in [4.78, 5) is 147. The number of urea groups is 2. The maximum atomic E-state index is 16.3. The van der Waals surface area contributed by atoms with Crippen LogP contribution in [0.4, 0.5) is 28.4 Å². The second-order valence-corrected chi connectivity index (χ2v) is 31.9. The summed E-state index contributed by atoms with van der Waals surface area (Å²) in [5.74, 6) is -16.9. The topological polar surface area (TPSA) is 614 Å². The number of amides is 12. The molecule has 6 aromatic rings. The minimum Gasteiger partial charge on any atom is -0.508 e. The summed E-state index contributed by atoms with van der Waals surface area (Å²) in [7, 11) is 1.45. The zero-order valence-electron chi connectivity index (χ0n) is 67.3. The number of carbonyl (C=O) groups is 10. The van der Waals surface area contributed by atoms with E-state index in [-0.39, 0.29) is 61.8 Å².